The van der Waals surface area contributed by atoms with E-state index in [1.807, 2.05) is 18.3 Å². The van der Waals surface area contributed by atoms with Crippen molar-refractivity contribution in [3.63, 3.8) is 0 Å². The van der Waals surface area contributed by atoms with Crippen LogP contribution in [0.4, 0.5) is 26.3 Å². The molecule has 1 spiro atoms. The molecule has 0 radical (unpaired) electrons. The van der Waals surface area contributed by atoms with Gasteiger partial charge in [0.2, 0.25) is 5.91 Å². The third kappa shape index (κ3) is 10.9. The minimum absolute atomic E-state index is 0.121. The number of nitrogens with zero attached hydrogens (tertiary/aromatic N) is 3. The molecule has 1 aromatic heterocycles. The van der Waals surface area contributed by atoms with Gasteiger partial charge in [-0.1, -0.05) is 23.7 Å². The number of hydrogen-bond donors (Lipinski definition) is 4. The van der Waals surface area contributed by atoms with Crippen LogP contribution >= 0.6 is 11.6 Å². The Morgan fingerprint density at radius 2 is 1.59 bits per heavy atom. The number of aliphatic carboxylic acids is 2. The molecule has 0 unspecified atom stereocenters. The molecule has 0 aliphatic carbocycles. The second kappa shape index (κ2) is 15.7. The van der Waals surface area contributed by atoms with E-state index >= 15 is 0 Å². The molecule has 4 rings (SSSR count). The van der Waals surface area contributed by atoms with Crippen LogP contribution in [0.1, 0.15) is 28.8 Å². The van der Waals surface area contributed by atoms with Gasteiger partial charge in [0.05, 0.1) is 6.67 Å². The number of pyridine rings is 1. The summed E-state index contributed by atoms with van der Waals surface area (Å²) in [5, 5.41) is 20.8. The molecule has 242 valence electrons. The summed E-state index contributed by atoms with van der Waals surface area (Å²) in [7, 11) is 0. The Morgan fingerprint density at radius 3 is 2.09 bits per heavy atom. The maximum atomic E-state index is 12.7. The highest BCUT2D eigenvalue weighted by Gasteiger charge is 2.49. The molecule has 44 heavy (non-hydrogen) atoms. The monoisotopic (exact) mass is 655 g/mol. The molecule has 1 aromatic carbocycles. The van der Waals surface area contributed by atoms with Crippen LogP contribution in [0.3, 0.4) is 0 Å². The van der Waals surface area contributed by atoms with Crippen molar-refractivity contribution in [2.45, 2.75) is 37.3 Å². The summed E-state index contributed by atoms with van der Waals surface area (Å²) in [6.07, 6.45) is -4.99. The number of carbonyl (C=O) groups excluding carboxylic acids is 2. The van der Waals surface area contributed by atoms with E-state index in [9.17, 15) is 35.9 Å². The maximum Gasteiger partial charge on any atom is 0.490 e. The van der Waals surface area contributed by atoms with E-state index in [1.165, 1.54) is 0 Å². The number of alkyl halides is 6. The SMILES string of the molecule is O=C(NCCN1CCC2(CC1)C(=O)NCN2Cc1cccnc1)c1cccc(Cl)c1.O=C(O)C(F)(F)F.O=C(O)C(F)(F)F. The van der Waals surface area contributed by atoms with Crippen LogP contribution in [-0.4, -0.2) is 99.5 Å². The van der Waals surface area contributed by atoms with Crippen molar-refractivity contribution < 1.29 is 55.7 Å². The number of nitrogens with one attached hydrogen (secondary N) is 2. The molecular formula is C26H28ClF6N5O6. The van der Waals surface area contributed by atoms with Gasteiger partial charge in [0.15, 0.2) is 0 Å². The van der Waals surface area contributed by atoms with Crippen molar-refractivity contribution in [3.05, 3.63) is 64.9 Å². The number of hydrogen-bond acceptors (Lipinski definition) is 7. The Labute approximate surface area is 251 Å². The van der Waals surface area contributed by atoms with Crippen LogP contribution in [-0.2, 0) is 20.9 Å². The molecule has 11 nitrogen and oxygen atoms in total. The third-order valence-corrected chi connectivity index (χ3v) is 6.76. The van der Waals surface area contributed by atoms with Gasteiger partial charge < -0.3 is 25.7 Å². The van der Waals surface area contributed by atoms with E-state index in [4.69, 9.17) is 31.4 Å². The largest absolute Gasteiger partial charge is 0.490 e. The number of halogens is 7. The van der Waals surface area contributed by atoms with E-state index in [-0.39, 0.29) is 11.8 Å². The van der Waals surface area contributed by atoms with Crippen molar-refractivity contribution in [1.82, 2.24) is 25.4 Å². The first-order valence-electron chi connectivity index (χ1n) is 12.7. The quantitative estimate of drug-likeness (QED) is 0.344. The first-order valence-corrected chi connectivity index (χ1v) is 13.1. The van der Waals surface area contributed by atoms with E-state index in [0.717, 1.165) is 38.0 Å². The minimum atomic E-state index is -5.08. The second-order valence-corrected chi connectivity index (χ2v) is 9.90. The average molecular weight is 656 g/mol. The van der Waals surface area contributed by atoms with Gasteiger partial charge in [0.1, 0.15) is 5.54 Å². The Kier molecular flexibility index (Phi) is 12.9. The number of piperidine rings is 1. The smallest absolute Gasteiger partial charge is 0.475 e. The molecule has 2 amide bonds. The molecule has 0 atom stereocenters. The van der Waals surface area contributed by atoms with Crippen molar-refractivity contribution >= 4 is 35.4 Å². The third-order valence-electron chi connectivity index (χ3n) is 6.52. The molecule has 2 aliphatic rings. The van der Waals surface area contributed by atoms with E-state index < -0.39 is 29.8 Å². The van der Waals surface area contributed by atoms with Crippen molar-refractivity contribution in [3.8, 4) is 0 Å². The number of carbonyl (C=O) groups is 4. The molecular weight excluding hydrogens is 628 g/mol. The second-order valence-electron chi connectivity index (χ2n) is 9.47. The number of amides is 2. The highest BCUT2D eigenvalue weighted by Crippen LogP contribution is 2.33. The number of carboxylic acids is 2. The van der Waals surface area contributed by atoms with Gasteiger partial charge >= 0.3 is 24.3 Å². The molecule has 0 bridgehead atoms. The van der Waals surface area contributed by atoms with Gasteiger partial charge in [-0.25, -0.2) is 9.59 Å². The van der Waals surface area contributed by atoms with Crippen LogP contribution in [0, 0.1) is 0 Å². The maximum absolute atomic E-state index is 12.7. The summed E-state index contributed by atoms with van der Waals surface area (Å²) < 4.78 is 63.5. The summed E-state index contributed by atoms with van der Waals surface area (Å²) in [5.74, 6) is -5.51. The van der Waals surface area contributed by atoms with Gasteiger partial charge in [-0.05, 0) is 42.7 Å². The standard InChI is InChI=1S/C22H26ClN5O2.2C2HF3O2/c23-19-5-1-4-18(13-19)20(29)25-9-12-27-10-6-22(7-11-27)21(30)26-16-28(22)15-17-3-2-8-24-14-17;2*3-2(4,5)1(6)7/h1-5,8,13-14H,6-7,9-12,15-16H2,(H,25,29)(H,26,30);2*(H,6,7). The minimum Gasteiger partial charge on any atom is -0.475 e. The van der Waals surface area contributed by atoms with Gasteiger partial charge in [0, 0.05) is 55.7 Å². The summed E-state index contributed by atoms with van der Waals surface area (Å²) in [6.45, 7) is 4.25. The summed E-state index contributed by atoms with van der Waals surface area (Å²) >= 11 is 5.95. The Bertz CT molecular complexity index is 1270. The topological polar surface area (TPSA) is 152 Å². The number of benzene rings is 1. The van der Waals surface area contributed by atoms with E-state index in [2.05, 4.69) is 25.4 Å². The lowest BCUT2D eigenvalue weighted by Gasteiger charge is -2.42. The molecule has 2 aromatic rings. The highest BCUT2D eigenvalue weighted by molar-refractivity contribution is 6.30. The zero-order chi connectivity index (χ0) is 33.1. The first-order chi connectivity index (χ1) is 20.5. The molecule has 2 saturated heterocycles. The highest BCUT2D eigenvalue weighted by atomic mass is 35.5. The number of rotatable bonds is 6. The average Bonchev–Trinajstić information content (AvgIpc) is 3.24. The fraction of sp³-hybridized carbons (Fsp3) is 0.423. The van der Waals surface area contributed by atoms with Crippen molar-refractivity contribution in [2.75, 3.05) is 32.8 Å². The van der Waals surface area contributed by atoms with Crippen LogP contribution in [0.25, 0.3) is 0 Å². The van der Waals surface area contributed by atoms with Crippen LogP contribution in [0.15, 0.2) is 48.8 Å². The van der Waals surface area contributed by atoms with E-state index in [0.29, 0.717) is 30.3 Å². The Hall–Kier alpha value is -3.96. The summed E-state index contributed by atoms with van der Waals surface area (Å²) in [5.41, 5.74) is 1.23. The van der Waals surface area contributed by atoms with Crippen molar-refractivity contribution in [2.24, 2.45) is 0 Å². The Balaban J connectivity index is 0.000000402. The predicted molar refractivity (Wildman–Crippen MR) is 142 cm³/mol. The fourth-order valence-electron chi connectivity index (χ4n) is 4.30. The molecule has 0 saturated carbocycles. The lowest BCUT2D eigenvalue weighted by Crippen LogP contribution is -2.56. The van der Waals surface area contributed by atoms with Gasteiger partial charge in [-0.2, -0.15) is 26.3 Å². The zero-order valence-electron chi connectivity index (χ0n) is 22.8. The predicted octanol–water partition coefficient (Wildman–Crippen LogP) is 3.16. The molecule has 4 N–H and O–H groups in total. The first kappa shape index (κ1) is 36.2. The fourth-order valence-corrected chi connectivity index (χ4v) is 4.49. The number of carboxylic acid groups (broad SMARTS) is 2. The lowest BCUT2D eigenvalue weighted by molar-refractivity contribution is -0.193. The molecule has 3 heterocycles. The summed E-state index contributed by atoms with van der Waals surface area (Å²) in [6, 6.07) is 10.9. The number of likely N-dealkylation sites (tertiary alicyclic amines) is 1. The number of aromatic nitrogens is 1. The summed E-state index contributed by atoms with van der Waals surface area (Å²) in [4.78, 5) is 51.5. The van der Waals surface area contributed by atoms with Gasteiger partial charge in [-0.15, -0.1) is 0 Å². The lowest BCUT2D eigenvalue weighted by atomic mass is 9.86. The van der Waals surface area contributed by atoms with Gasteiger partial charge in [0.25, 0.3) is 5.91 Å². The van der Waals surface area contributed by atoms with Crippen LogP contribution in [0.5, 0.6) is 0 Å². The van der Waals surface area contributed by atoms with Crippen LogP contribution in [0.2, 0.25) is 5.02 Å². The van der Waals surface area contributed by atoms with Gasteiger partial charge in [-0.3, -0.25) is 19.5 Å². The molecule has 18 heteroatoms. The molecule has 2 fully saturated rings. The zero-order valence-corrected chi connectivity index (χ0v) is 23.5. The Morgan fingerprint density at radius 1 is 1.00 bits per heavy atom. The van der Waals surface area contributed by atoms with Crippen molar-refractivity contribution in [1.29, 1.82) is 0 Å². The normalized spacial score (nSPS) is 16.6. The molecule has 2 aliphatic heterocycles. The van der Waals surface area contributed by atoms with E-state index in [1.54, 1.807) is 30.5 Å². The van der Waals surface area contributed by atoms with Crippen LogP contribution < -0.4 is 10.6 Å².